The molecule has 14 aromatic rings. The van der Waals surface area contributed by atoms with Crippen LogP contribution in [0, 0.1) is 0 Å². The lowest BCUT2D eigenvalue weighted by Crippen LogP contribution is -2.00. The molecule has 0 spiro atoms. The molecule has 0 aliphatic heterocycles. The molecule has 14 rings (SSSR count). The third-order valence-corrected chi connectivity index (χ3v) is 13.7. The van der Waals surface area contributed by atoms with Gasteiger partial charge in [-0.25, -0.2) is 15.0 Å². The monoisotopic (exact) mass is 865 g/mol. The minimum atomic E-state index is 0.630. The van der Waals surface area contributed by atoms with Crippen LogP contribution in [-0.2, 0) is 0 Å². The summed E-state index contributed by atoms with van der Waals surface area (Å²) in [5.74, 6) is 1.91. The Balaban J connectivity index is 0.995. The fourth-order valence-electron chi connectivity index (χ4n) is 10.6. The van der Waals surface area contributed by atoms with Gasteiger partial charge in [-0.1, -0.05) is 182 Å². The van der Waals surface area contributed by atoms with E-state index in [1.54, 1.807) is 0 Å². The minimum Gasteiger partial charge on any atom is -0.309 e. The highest BCUT2D eigenvalue weighted by atomic mass is 15.0. The number of fused-ring (bicyclic) bond motifs is 10. The summed E-state index contributed by atoms with van der Waals surface area (Å²) in [5.41, 5.74) is 12.1. The average molecular weight is 866 g/mol. The van der Waals surface area contributed by atoms with Crippen molar-refractivity contribution in [3.05, 3.63) is 237 Å². The fourth-order valence-corrected chi connectivity index (χ4v) is 10.6. The van der Waals surface area contributed by atoms with Crippen molar-refractivity contribution in [2.75, 3.05) is 0 Å². The van der Waals surface area contributed by atoms with Crippen LogP contribution in [-0.4, -0.2) is 24.1 Å². The van der Waals surface area contributed by atoms with Gasteiger partial charge in [0.25, 0.3) is 0 Å². The van der Waals surface area contributed by atoms with Crippen molar-refractivity contribution < 1.29 is 0 Å². The van der Waals surface area contributed by atoms with E-state index in [0.717, 1.165) is 60.8 Å². The molecule has 316 valence electrons. The number of hydrogen-bond donors (Lipinski definition) is 0. The Morgan fingerprint density at radius 1 is 0.265 bits per heavy atom. The number of rotatable bonds is 6. The molecule has 0 saturated heterocycles. The molecule has 11 aromatic carbocycles. The second kappa shape index (κ2) is 15.2. The van der Waals surface area contributed by atoms with Gasteiger partial charge in [0.05, 0.1) is 27.8 Å². The summed E-state index contributed by atoms with van der Waals surface area (Å²) in [6.07, 6.45) is 0. The van der Waals surface area contributed by atoms with Gasteiger partial charge in [0.2, 0.25) is 0 Å². The van der Waals surface area contributed by atoms with Gasteiger partial charge >= 0.3 is 0 Å². The normalized spacial score (nSPS) is 11.8. The molecule has 0 atom stereocenters. The minimum absolute atomic E-state index is 0.630. The maximum absolute atomic E-state index is 5.16. The molecule has 0 N–H and O–H groups in total. The zero-order valence-corrected chi connectivity index (χ0v) is 36.8. The molecule has 0 bridgehead atoms. The van der Waals surface area contributed by atoms with Crippen LogP contribution in [0.25, 0.3) is 133 Å². The zero-order valence-electron chi connectivity index (χ0n) is 36.8. The highest BCUT2D eigenvalue weighted by Gasteiger charge is 2.22. The standard InChI is InChI=1S/C63H39N5/c1-4-18-41(19-5-1)52-38-59-60(51-28-13-12-26-49(51)52)54-37-53-50-27-14-15-29-56(50)68(57(53)39-58(54)67(59)47-24-8-3-9-25-47)55-30-16-23-44-36-46(33-34-48(44)55)63-65-61(42-20-6-2-7-21-42)64-62(66-63)45-32-31-40-17-10-11-22-43(40)35-45/h1-39H. The van der Waals surface area contributed by atoms with Crippen molar-refractivity contribution in [3.8, 4) is 56.7 Å². The number of aromatic nitrogens is 5. The molecule has 0 unspecified atom stereocenters. The molecule has 0 fully saturated rings. The van der Waals surface area contributed by atoms with Gasteiger partial charge in [0, 0.05) is 49.3 Å². The van der Waals surface area contributed by atoms with Gasteiger partial charge in [0.1, 0.15) is 0 Å². The Kier molecular flexibility index (Phi) is 8.52. The molecule has 68 heavy (non-hydrogen) atoms. The number of para-hydroxylation sites is 2. The summed E-state index contributed by atoms with van der Waals surface area (Å²) in [6, 6.07) is 84.8. The molecular weight excluding hydrogens is 827 g/mol. The van der Waals surface area contributed by atoms with Gasteiger partial charge < -0.3 is 9.13 Å². The van der Waals surface area contributed by atoms with E-state index in [-0.39, 0.29) is 0 Å². The van der Waals surface area contributed by atoms with Crippen LogP contribution in [0.3, 0.4) is 0 Å². The van der Waals surface area contributed by atoms with Crippen LogP contribution in [0.2, 0.25) is 0 Å². The van der Waals surface area contributed by atoms with Crippen molar-refractivity contribution in [2.24, 2.45) is 0 Å². The van der Waals surface area contributed by atoms with E-state index in [4.69, 9.17) is 15.0 Å². The molecular formula is C63H39N5. The first kappa shape index (κ1) is 38.1. The highest BCUT2D eigenvalue weighted by Crippen LogP contribution is 2.45. The van der Waals surface area contributed by atoms with E-state index in [1.807, 2.05) is 18.2 Å². The van der Waals surface area contributed by atoms with Crippen LogP contribution in [0.1, 0.15) is 0 Å². The molecule has 3 heterocycles. The molecule has 5 heteroatoms. The molecule has 0 aliphatic rings. The van der Waals surface area contributed by atoms with Crippen LogP contribution in [0.5, 0.6) is 0 Å². The predicted molar refractivity (Wildman–Crippen MR) is 283 cm³/mol. The average Bonchev–Trinajstić information content (AvgIpc) is 3.91. The Hall–Kier alpha value is -9.19. The largest absolute Gasteiger partial charge is 0.309 e. The number of nitrogens with zero attached hydrogens (tertiary/aromatic N) is 5. The molecule has 3 aromatic heterocycles. The van der Waals surface area contributed by atoms with Crippen LogP contribution >= 0.6 is 0 Å². The van der Waals surface area contributed by atoms with Crippen LogP contribution in [0.15, 0.2) is 237 Å². The Morgan fingerprint density at radius 3 is 1.60 bits per heavy atom. The first-order valence-electron chi connectivity index (χ1n) is 23.1. The zero-order chi connectivity index (χ0) is 44.7. The summed E-state index contributed by atoms with van der Waals surface area (Å²) >= 11 is 0. The van der Waals surface area contributed by atoms with Crippen LogP contribution in [0.4, 0.5) is 0 Å². The van der Waals surface area contributed by atoms with E-state index in [0.29, 0.717) is 17.5 Å². The van der Waals surface area contributed by atoms with Gasteiger partial charge in [-0.2, -0.15) is 0 Å². The van der Waals surface area contributed by atoms with Gasteiger partial charge in [-0.15, -0.1) is 0 Å². The van der Waals surface area contributed by atoms with Crippen molar-refractivity contribution >= 4 is 75.9 Å². The summed E-state index contributed by atoms with van der Waals surface area (Å²) < 4.78 is 4.92. The van der Waals surface area contributed by atoms with Gasteiger partial charge in [0.15, 0.2) is 17.5 Å². The SMILES string of the molecule is c1ccc(-c2nc(-c3ccc4ccccc4c3)nc(-c3ccc4c(-n5c6ccccc6c6cc7c8c9ccccc9c(-c9ccccc9)cc8n(-c8ccccc8)c7cc65)cccc4c3)n2)cc1. The fraction of sp³-hybridized carbons (Fsp3) is 0. The topological polar surface area (TPSA) is 48.5 Å². The van der Waals surface area contributed by atoms with Crippen molar-refractivity contribution in [1.82, 2.24) is 24.1 Å². The first-order chi connectivity index (χ1) is 33.7. The summed E-state index contributed by atoms with van der Waals surface area (Å²) in [6.45, 7) is 0. The van der Waals surface area contributed by atoms with Crippen LogP contribution < -0.4 is 0 Å². The third kappa shape index (κ3) is 5.99. The first-order valence-corrected chi connectivity index (χ1v) is 23.1. The highest BCUT2D eigenvalue weighted by molar-refractivity contribution is 6.27. The number of benzene rings is 11. The molecule has 0 radical (unpaired) electrons. The second-order valence-corrected chi connectivity index (χ2v) is 17.6. The lowest BCUT2D eigenvalue weighted by atomic mass is 9.94. The van der Waals surface area contributed by atoms with E-state index < -0.39 is 0 Å². The lowest BCUT2D eigenvalue weighted by molar-refractivity contribution is 1.07. The maximum Gasteiger partial charge on any atom is 0.164 e. The van der Waals surface area contributed by atoms with Gasteiger partial charge in [-0.3, -0.25) is 0 Å². The number of hydrogen-bond acceptors (Lipinski definition) is 3. The molecule has 5 nitrogen and oxygen atoms in total. The van der Waals surface area contributed by atoms with E-state index >= 15 is 0 Å². The molecule has 0 aliphatic carbocycles. The van der Waals surface area contributed by atoms with Gasteiger partial charge in [-0.05, 0) is 92.7 Å². The van der Waals surface area contributed by atoms with E-state index in [9.17, 15) is 0 Å². The Morgan fingerprint density at radius 2 is 0.838 bits per heavy atom. The maximum atomic E-state index is 5.16. The molecule has 0 saturated carbocycles. The molecule has 0 amide bonds. The van der Waals surface area contributed by atoms with Crippen molar-refractivity contribution in [2.45, 2.75) is 0 Å². The van der Waals surface area contributed by atoms with Crippen molar-refractivity contribution in [1.29, 1.82) is 0 Å². The quantitative estimate of drug-likeness (QED) is 0.167. The van der Waals surface area contributed by atoms with Crippen molar-refractivity contribution in [3.63, 3.8) is 0 Å². The Labute approximate surface area is 391 Å². The Bertz CT molecular complexity index is 4300. The van der Waals surface area contributed by atoms with E-state index in [1.165, 1.54) is 54.3 Å². The summed E-state index contributed by atoms with van der Waals surface area (Å²) in [7, 11) is 0. The lowest BCUT2D eigenvalue weighted by Gasteiger charge is -2.14. The van der Waals surface area contributed by atoms with E-state index in [2.05, 4.69) is 228 Å². The summed E-state index contributed by atoms with van der Waals surface area (Å²) in [5, 5.41) is 12.0. The predicted octanol–water partition coefficient (Wildman–Crippen LogP) is 16.2. The third-order valence-electron chi connectivity index (χ3n) is 13.7. The second-order valence-electron chi connectivity index (χ2n) is 17.6. The smallest absolute Gasteiger partial charge is 0.164 e. The summed E-state index contributed by atoms with van der Waals surface area (Å²) in [4.78, 5) is 15.3.